The van der Waals surface area contributed by atoms with Gasteiger partial charge in [0.1, 0.15) is 5.75 Å². The maximum Gasteiger partial charge on any atom is 0.269 e. The molecule has 2 aliphatic carbocycles. The monoisotopic (exact) mass is 609 g/mol. The van der Waals surface area contributed by atoms with E-state index in [0.29, 0.717) is 17.6 Å². The van der Waals surface area contributed by atoms with Gasteiger partial charge in [0.05, 0.1) is 22.4 Å². The first kappa shape index (κ1) is 28.1. The van der Waals surface area contributed by atoms with Gasteiger partial charge in [-0.05, 0) is 42.9 Å². The van der Waals surface area contributed by atoms with E-state index in [-0.39, 0.29) is 35.5 Å². The number of phenolic OH excluding ortho intramolecular Hbond substituents is 1. The first-order valence-corrected chi connectivity index (χ1v) is 14.1. The lowest BCUT2D eigenvalue weighted by atomic mass is 9.56. The average molecular weight is 610 g/mol. The Morgan fingerprint density at radius 2 is 1.76 bits per heavy atom. The summed E-state index contributed by atoms with van der Waals surface area (Å²) in [5, 5.41) is 22.5. The van der Waals surface area contributed by atoms with E-state index in [2.05, 4.69) is 6.58 Å². The van der Waals surface area contributed by atoms with Crippen LogP contribution in [0.5, 0.6) is 5.75 Å². The third-order valence-corrected chi connectivity index (χ3v) is 10.6. The van der Waals surface area contributed by atoms with E-state index in [9.17, 15) is 34.4 Å². The van der Waals surface area contributed by atoms with Crippen LogP contribution in [0, 0.1) is 27.9 Å². The summed E-state index contributed by atoms with van der Waals surface area (Å²) in [4.78, 5) is 63.4. The fourth-order valence-corrected chi connectivity index (χ4v) is 8.24. The molecular formula is C30H25Cl2N3O7. The van der Waals surface area contributed by atoms with E-state index in [1.54, 1.807) is 30.4 Å². The molecule has 3 fully saturated rings. The number of para-hydroxylation sites is 1. The molecule has 4 amide bonds. The van der Waals surface area contributed by atoms with Crippen LogP contribution in [0.3, 0.4) is 0 Å². The highest BCUT2D eigenvalue weighted by atomic mass is 35.5. The lowest BCUT2D eigenvalue weighted by Crippen LogP contribution is -2.60. The lowest BCUT2D eigenvalue weighted by Gasteiger charge is -2.50. The summed E-state index contributed by atoms with van der Waals surface area (Å²) in [5.41, 5.74) is 1.36. The van der Waals surface area contributed by atoms with Crippen molar-refractivity contribution < 1.29 is 29.2 Å². The van der Waals surface area contributed by atoms with Gasteiger partial charge in [-0.25, -0.2) is 0 Å². The predicted octanol–water partition coefficient (Wildman–Crippen LogP) is 4.22. The number of nitro groups is 1. The number of aromatic hydroxyl groups is 1. The van der Waals surface area contributed by atoms with Crippen molar-refractivity contribution in [3.05, 3.63) is 88.0 Å². The summed E-state index contributed by atoms with van der Waals surface area (Å²) in [6.07, 6.45) is 3.68. The fourth-order valence-electron chi connectivity index (χ4n) is 7.23. The molecule has 0 radical (unpaired) electrons. The van der Waals surface area contributed by atoms with E-state index in [4.69, 9.17) is 23.2 Å². The quantitative estimate of drug-likeness (QED) is 0.176. The van der Waals surface area contributed by atoms with Crippen LogP contribution in [0.25, 0.3) is 0 Å². The average Bonchev–Trinajstić information content (AvgIpc) is 3.29. The number of imide groups is 2. The van der Waals surface area contributed by atoms with Crippen LogP contribution >= 0.6 is 23.2 Å². The summed E-state index contributed by atoms with van der Waals surface area (Å²) >= 11 is 14.3. The highest BCUT2D eigenvalue weighted by molar-refractivity contribution is 6.53. The van der Waals surface area contributed by atoms with Gasteiger partial charge in [0.2, 0.25) is 11.8 Å². The molecule has 1 saturated carbocycles. The molecular weight excluding hydrogens is 585 g/mol. The number of likely N-dealkylation sites (tertiary alicyclic amines) is 1. The highest BCUT2D eigenvalue weighted by Gasteiger charge is 2.76. The SMILES string of the molecule is C=CCc1cccc(C2C3=CCC4C(=O)N(c5ccc([N+](=O)[O-])cc5)C(=O)C4C3CC3(Cl)C(=O)N(C)C(=O)C23Cl)c1O. The van der Waals surface area contributed by atoms with Crippen molar-refractivity contribution in [3.8, 4) is 5.75 Å². The van der Waals surface area contributed by atoms with Gasteiger partial charge < -0.3 is 5.11 Å². The van der Waals surface area contributed by atoms with Crippen molar-refractivity contribution in [1.29, 1.82) is 0 Å². The Kier molecular flexibility index (Phi) is 6.36. The van der Waals surface area contributed by atoms with Crippen LogP contribution < -0.4 is 4.90 Å². The van der Waals surface area contributed by atoms with Crippen molar-refractivity contribution in [3.63, 3.8) is 0 Å². The number of nitrogens with zero attached hydrogens (tertiary/aromatic N) is 3. The Morgan fingerprint density at radius 3 is 2.40 bits per heavy atom. The van der Waals surface area contributed by atoms with E-state index >= 15 is 0 Å². The summed E-state index contributed by atoms with van der Waals surface area (Å²) < 4.78 is 0. The van der Waals surface area contributed by atoms with Gasteiger partial charge in [0.25, 0.3) is 17.5 Å². The van der Waals surface area contributed by atoms with Crippen LogP contribution in [-0.2, 0) is 25.6 Å². The summed E-state index contributed by atoms with van der Waals surface area (Å²) in [5.74, 6) is -6.13. The minimum Gasteiger partial charge on any atom is -0.507 e. The second kappa shape index (κ2) is 9.50. The van der Waals surface area contributed by atoms with Gasteiger partial charge in [0, 0.05) is 30.7 Å². The number of allylic oxidation sites excluding steroid dienone is 3. The first-order chi connectivity index (χ1) is 19.9. The molecule has 1 N–H and O–H groups in total. The Morgan fingerprint density at radius 1 is 1.07 bits per heavy atom. The molecule has 0 spiro atoms. The van der Waals surface area contributed by atoms with Crippen LogP contribution in [0.15, 0.2) is 66.8 Å². The zero-order valence-electron chi connectivity index (χ0n) is 22.3. The number of nitro benzene ring substituents is 1. The number of phenols is 1. The van der Waals surface area contributed by atoms with E-state index in [1.165, 1.54) is 31.3 Å². The van der Waals surface area contributed by atoms with Crippen molar-refractivity contribution in [2.45, 2.75) is 34.9 Å². The molecule has 6 unspecified atom stereocenters. The normalized spacial score (nSPS) is 31.9. The van der Waals surface area contributed by atoms with Crippen LogP contribution in [-0.4, -0.2) is 55.4 Å². The van der Waals surface area contributed by atoms with Gasteiger partial charge >= 0.3 is 0 Å². The summed E-state index contributed by atoms with van der Waals surface area (Å²) in [6.45, 7) is 3.73. The van der Waals surface area contributed by atoms with Gasteiger partial charge in [0.15, 0.2) is 9.75 Å². The predicted molar refractivity (Wildman–Crippen MR) is 153 cm³/mol. The third kappa shape index (κ3) is 3.51. The maximum absolute atomic E-state index is 14.0. The van der Waals surface area contributed by atoms with Gasteiger partial charge in [-0.3, -0.25) is 39.1 Å². The van der Waals surface area contributed by atoms with Gasteiger partial charge in [-0.2, -0.15) is 0 Å². The Balaban J connectivity index is 1.50. The smallest absolute Gasteiger partial charge is 0.269 e. The molecule has 2 aromatic carbocycles. The van der Waals surface area contributed by atoms with Crippen LogP contribution in [0.2, 0.25) is 0 Å². The number of hydrogen-bond acceptors (Lipinski definition) is 7. The number of hydrogen-bond donors (Lipinski definition) is 1. The minimum absolute atomic E-state index is 0.124. The molecule has 0 aromatic heterocycles. The number of anilines is 1. The molecule has 6 atom stereocenters. The maximum atomic E-state index is 14.0. The molecule has 2 saturated heterocycles. The Bertz CT molecular complexity index is 1640. The number of amides is 4. The molecule has 216 valence electrons. The second-order valence-corrected chi connectivity index (χ2v) is 12.4. The molecule has 2 heterocycles. The Hall–Kier alpha value is -4.02. The van der Waals surface area contributed by atoms with Crippen LogP contribution in [0.4, 0.5) is 11.4 Å². The largest absolute Gasteiger partial charge is 0.507 e. The molecule has 0 bridgehead atoms. The number of fused-ring (bicyclic) bond motifs is 4. The molecule has 2 aliphatic heterocycles. The molecule has 10 nitrogen and oxygen atoms in total. The third-order valence-electron chi connectivity index (χ3n) is 9.16. The van der Waals surface area contributed by atoms with Crippen molar-refractivity contribution in [2.75, 3.05) is 11.9 Å². The van der Waals surface area contributed by atoms with E-state index in [0.717, 1.165) is 9.80 Å². The van der Waals surface area contributed by atoms with Crippen molar-refractivity contribution in [1.82, 2.24) is 4.90 Å². The number of rotatable bonds is 5. The molecule has 6 rings (SSSR count). The number of halogens is 2. The molecule has 4 aliphatic rings. The van der Waals surface area contributed by atoms with Gasteiger partial charge in [-0.1, -0.05) is 35.9 Å². The summed E-state index contributed by atoms with van der Waals surface area (Å²) in [7, 11) is 1.30. The topological polar surface area (TPSA) is 138 Å². The van der Waals surface area contributed by atoms with E-state index < -0.39 is 62.0 Å². The number of alkyl halides is 2. The number of carbonyl (C=O) groups excluding carboxylic acids is 4. The fraction of sp³-hybridized carbons (Fsp3) is 0.333. The van der Waals surface area contributed by atoms with Crippen molar-refractivity contribution >= 4 is 58.2 Å². The number of benzene rings is 2. The molecule has 42 heavy (non-hydrogen) atoms. The minimum atomic E-state index is -2.01. The number of carbonyl (C=O) groups is 4. The standard InChI is InChI=1S/C30H25Cl2N3O7/c1-3-5-15-6-4-7-20(24(15)36)23-18-12-13-19-22(21(18)14-29(31)27(39)33(2)28(40)30(23,29)32)26(38)34(25(19)37)16-8-10-17(11-9-16)35(41)42/h3-4,6-12,19,21-23,36H,1,5,13-14H2,2H3. The van der Waals surface area contributed by atoms with E-state index in [1.807, 2.05) is 0 Å². The number of non-ortho nitro benzene ring substituents is 1. The molecule has 2 aromatic rings. The summed E-state index contributed by atoms with van der Waals surface area (Å²) in [6, 6.07) is 10.1. The van der Waals surface area contributed by atoms with Crippen molar-refractivity contribution in [2.24, 2.45) is 17.8 Å². The molecule has 12 heteroatoms. The highest BCUT2D eigenvalue weighted by Crippen LogP contribution is 2.66. The second-order valence-electron chi connectivity index (χ2n) is 11.1. The first-order valence-electron chi connectivity index (χ1n) is 13.3. The zero-order valence-corrected chi connectivity index (χ0v) is 23.8. The lowest BCUT2D eigenvalue weighted by molar-refractivity contribution is -0.384. The van der Waals surface area contributed by atoms with Gasteiger partial charge in [-0.15, -0.1) is 29.8 Å². The zero-order chi connectivity index (χ0) is 30.3. The van der Waals surface area contributed by atoms with Crippen LogP contribution in [0.1, 0.15) is 29.9 Å². The Labute approximate surface area is 250 Å².